The molecule has 0 radical (unpaired) electrons. The van der Waals surface area contributed by atoms with Crippen molar-refractivity contribution in [3.8, 4) is 17.1 Å². The maximum absolute atomic E-state index is 13.9. The Labute approximate surface area is 238 Å². The van der Waals surface area contributed by atoms with Crippen LogP contribution in [-0.4, -0.2) is 40.6 Å². The Morgan fingerprint density at radius 2 is 1.66 bits per heavy atom. The summed E-state index contributed by atoms with van der Waals surface area (Å²) < 4.78 is 14.0. The van der Waals surface area contributed by atoms with Crippen molar-refractivity contribution < 1.29 is 14.3 Å². The molecule has 1 atom stereocenters. The monoisotopic (exact) mass is 550 g/mol. The van der Waals surface area contributed by atoms with Gasteiger partial charge in [-0.1, -0.05) is 44.2 Å². The molecule has 0 saturated carbocycles. The number of hydrogen-bond acceptors (Lipinski definition) is 6. The Hall–Kier alpha value is -4.72. The average molecular weight is 551 g/mol. The molecule has 0 amide bonds. The molecule has 8 nitrogen and oxygen atoms in total. The van der Waals surface area contributed by atoms with E-state index >= 15 is 0 Å². The number of carbonyl (C=O) groups is 1. The molecule has 8 heteroatoms. The number of ether oxygens (including phenoxy) is 2. The van der Waals surface area contributed by atoms with Crippen LogP contribution in [-0.2, 0) is 9.53 Å². The van der Waals surface area contributed by atoms with Gasteiger partial charge in [0.15, 0.2) is 5.82 Å². The van der Waals surface area contributed by atoms with Crippen LogP contribution >= 0.6 is 0 Å². The largest absolute Gasteiger partial charge is 0.496 e. The molecule has 0 unspecified atom stereocenters. The lowest BCUT2D eigenvalue weighted by atomic mass is 9.96. The first-order chi connectivity index (χ1) is 19.7. The number of aryl methyl sites for hydroxylation is 1. The van der Waals surface area contributed by atoms with Gasteiger partial charge in [-0.25, -0.2) is 9.78 Å². The maximum Gasteiger partial charge on any atom is 0.328 e. The lowest BCUT2D eigenvalue weighted by molar-refractivity contribution is -0.143. The van der Waals surface area contributed by atoms with E-state index in [4.69, 9.17) is 19.6 Å². The van der Waals surface area contributed by atoms with Crippen LogP contribution in [0.5, 0.6) is 5.75 Å². The van der Waals surface area contributed by atoms with Crippen LogP contribution in [0.2, 0.25) is 0 Å². The topological polar surface area (TPSA) is 87.7 Å². The third kappa shape index (κ3) is 4.79. The summed E-state index contributed by atoms with van der Waals surface area (Å²) in [7, 11) is 3.05. The molecule has 5 rings (SSSR count). The van der Waals surface area contributed by atoms with E-state index in [1.165, 1.54) is 11.8 Å². The third-order valence-electron chi connectivity index (χ3n) is 7.63. The van der Waals surface area contributed by atoms with Crippen molar-refractivity contribution in [1.29, 1.82) is 0 Å². The highest BCUT2D eigenvalue weighted by atomic mass is 16.5. The SMILES string of the molecule is COC(=O)[C@H](C)n1c(C)c(C=Nn2c(-c3cc(C(C)C)c(OC)cc3C)nc3ccccc3c2=O)c2ccccc21. The zero-order valence-electron chi connectivity index (χ0n) is 24.4. The molecule has 0 aliphatic rings. The molecule has 0 N–H and O–H groups in total. The van der Waals surface area contributed by atoms with Crippen LogP contribution in [0.1, 0.15) is 55.1 Å². The first kappa shape index (κ1) is 27.8. The minimum absolute atomic E-state index is 0.194. The third-order valence-corrected chi connectivity index (χ3v) is 7.63. The molecular weight excluding hydrogens is 516 g/mol. The van der Waals surface area contributed by atoms with E-state index in [-0.39, 0.29) is 17.4 Å². The number of methoxy groups -OCH3 is 2. The lowest BCUT2D eigenvalue weighted by Crippen LogP contribution is -2.21. The molecule has 210 valence electrons. The van der Waals surface area contributed by atoms with E-state index in [0.29, 0.717) is 16.7 Å². The summed E-state index contributed by atoms with van der Waals surface area (Å²) in [6.07, 6.45) is 1.68. The summed E-state index contributed by atoms with van der Waals surface area (Å²) >= 11 is 0. The van der Waals surface area contributed by atoms with Crippen molar-refractivity contribution in [3.63, 3.8) is 0 Å². The van der Waals surface area contributed by atoms with E-state index < -0.39 is 6.04 Å². The second-order valence-corrected chi connectivity index (χ2v) is 10.5. The highest BCUT2D eigenvalue weighted by Gasteiger charge is 2.23. The molecule has 0 fully saturated rings. The molecule has 0 bridgehead atoms. The van der Waals surface area contributed by atoms with Crippen molar-refractivity contribution >= 4 is 34.0 Å². The standard InChI is InChI=1S/C33H34N4O4/c1-19(2)25-17-26(20(3)16-30(25)40-6)31-35-28-14-10-8-13-24(28)32(38)37(31)34-18-27-21(4)36(22(5)33(39)41-7)29-15-11-9-12-23(27)29/h8-19,22H,1-7H3/t22-/m0/s1. The molecule has 0 saturated heterocycles. The average Bonchev–Trinajstić information content (AvgIpc) is 3.26. The van der Waals surface area contributed by atoms with E-state index in [9.17, 15) is 9.59 Å². The highest BCUT2D eigenvalue weighted by Crippen LogP contribution is 2.34. The fourth-order valence-corrected chi connectivity index (χ4v) is 5.44. The van der Waals surface area contributed by atoms with Crippen LogP contribution < -0.4 is 10.3 Å². The smallest absolute Gasteiger partial charge is 0.328 e. The number of hydrogen-bond donors (Lipinski definition) is 0. The van der Waals surface area contributed by atoms with Gasteiger partial charge in [-0.2, -0.15) is 9.78 Å². The fraction of sp³-hybridized carbons (Fsp3) is 0.273. The number of nitrogens with zero attached hydrogens (tertiary/aromatic N) is 4. The van der Waals surface area contributed by atoms with Gasteiger partial charge in [0.2, 0.25) is 0 Å². The van der Waals surface area contributed by atoms with E-state index in [1.807, 2.05) is 73.0 Å². The summed E-state index contributed by atoms with van der Waals surface area (Å²) in [5, 5.41) is 6.15. The Morgan fingerprint density at radius 1 is 0.976 bits per heavy atom. The Kier molecular flexibility index (Phi) is 7.49. The minimum atomic E-state index is -0.538. The maximum atomic E-state index is 13.9. The van der Waals surface area contributed by atoms with E-state index in [2.05, 4.69) is 13.8 Å². The van der Waals surface area contributed by atoms with Crippen molar-refractivity contribution in [2.45, 2.75) is 46.6 Å². The van der Waals surface area contributed by atoms with E-state index in [1.54, 1.807) is 26.3 Å². The van der Waals surface area contributed by atoms with Gasteiger partial charge in [-0.3, -0.25) is 4.79 Å². The second-order valence-electron chi connectivity index (χ2n) is 10.5. The molecule has 5 aromatic rings. The van der Waals surface area contributed by atoms with Gasteiger partial charge in [-0.15, -0.1) is 0 Å². The first-order valence-corrected chi connectivity index (χ1v) is 13.6. The number of esters is 1. The van der Waals surface area contributed by atoms with Gasteiger partial charge < -0.3 is 14.0 Å². The number of benzene rings is 3. The number of aromatic nitrogens is 3. The van der Waals surface area contributed by atoms with Gasteiger partial charge in [0.25, 0.3) is 5.56 Å². The molecule has 41 heavy (non-hydrogen) atoms. The van der Waals surface area contributed by atoms with Crippen LogP contribution in [0.15, 0.2) is 70.6 Å². The number of rotatable bonds is 7. The molecule has 0 spiro atoms. The molecule has 2 aromatic heterocycles. The van der Waals surface area contributed by atoms with Crippen molar-refractivity contribution in [1.82, 2.24) is 14.2 Å². The van der Waals surface area contributed by atoms with Gasteiger partial charge in [-0.05, 0) is 68.1 Å². The van der Waals surface area contributed by atoms with Crippen molar-refractivity contribution in [3.05, 3.63) is 93.4 Å². The lowest BCUT2D eigenvalue weighted by Gasteiger charge is -2.17. The molecule has 2 heterocycles. The highest BCUT2D eigenvalue weighted by molar-refractivity contribution is 6.02. The van der Waals surface area contributed by atoms with Crippen LogP contribution in [0.4, 0.5) is 0 Å². The Balaban J connectivity index is 1.77. The zero-order valence-corrected chi connectivity index (χ0v) is 24.4. The van der Waals surface area contributed by atoms with E-state index in [0.717, 1.165) is 44.6 Å². The van der Waals surface area contributed by atoms with Gasteiger partial charge >= 0.3 is 5.97 Å². The number of fused-ring (bicyclic) bond motifs is 2. The van der Waals surface area contributed by atoms with Crippen LogP contribution in [0.3, 0.4) is 0 Å². The quantitative estimate of drug-likeness (QED) is 0.173. The van der Waals surface area contributed by atoms with Crippen LogP contribution in [0.25, 0.3) is 33.2 Å². The molecule has 0 aliphatic carbocycles. The zero-order chi connectivity index (χ0) is 29.4. The predicted molar refractivity (Wildman–Crippen MR) is 163 cm³/mol. The summed E-state index contributed by atoms with van der Waals surface area (Å²) in [5.74, 6) is 1.09. The summed E-state index contributed by atoms with van der Waals surface area (Å²) in [5.41, 5.74) is 5.57. The molecular formula is C33H34N4O4. The fourth-order valence-electron chi connectivity index (χ4n) is 5.44. The number of carbonyl (C=O) groups excluding carboxylic acids is 1. The summed E-state index contributed by atoms with van der Waals surface area (Å²) in [6, 6.07) is 18.6. The Morgan fingerprint density at radius 3 is 2.34 bits per heavy atom. The summed E-state index contributed by atoms with van der Waals surface area (Å²) in [6.45, 7) is 9.92. The minimum Gasteiger partial charge on any atom is -0.496 e. The first-order valence-electron chi connectivity index (χ1n) is 13.6. The summed E-state index contributed by atoms with van der Waals surface area (Å²) in [4.78, 5) is 31.3. The van der Waals surface area contributed by atoms with Crippen molar-refractivity contribution in [2.75, 3.05) is 14.2 Å². The normalized spacial score (nSPS) is 12.5. The van der Waals surface area contributed by atoms with Gasteiger partial charge in [0.05, 0.1) is 31.3 Å². The van der Waals surface area contributed by atoms with Crippen molar-refractivity contribution in [2.24, 2.45) is 5.10 Å². The molecule has 0 aliphatic heterocycles. The molecule has 3 aromatic carbocycles. The predicted octanol–water partition coefficient (Wildman–Crippen LogP) is 6.38. The van der Waals surface area contributed by atoms with Gasteiger partial charge in [0.1, 0.15) is 11.8 Å². The van der Waals surface area contributed by atoms with Gasteiger partial charge in [0, 0.05) is 27.7 Å². The number of para-hydroxylation sites is 2. The second kappa shape index (κ2) is 11.0. The van der Waals surface area contributed by atoms with Crippen LogP contribution in [0, 0.1) is 13.8 Å². The Bertz CT molecular complexity index is 1880.